The first kappa shape index (κ1) is 11.0. The van der Waals surface area contributed by atoms with Gasteiger partial charge < -0.3 is 14.8 Å². The van der Waals surface area contributed by atoms with Crippen molar-refractivity contribution in [3.8, 4) is 5.75 Å². The fourth-order valence-corrected chi connectivity index (χ4v) is 2.14. The minimum Gasteiger partial charge on any atom is -0.507 e. The van der Waals surface area contributed by atoms with E-state index in [1.165, 1.54) is 0 Å². The van der Waals surface area contributed by atoms with Crippen LogP contribution in [0, 0.1) is 0 Å². The zero-order valence-corrected chi connectivity index (χ0v) is 9.64. The number of phenols is 1. The highest BCUT2D eigenvalue weighted by Crippen LogP contribution is 2.30. The molecule has 0 fully saturated rings. The second-order valence-corrected chi connectivity index (χ2v) is 4.11. The number of nitrogens with zero attached hydrogens (tertiary/aromatic N) is 1. The zero-order chi connectivity index (χ0) is 11.7. The summed E-state index contributed by atoms with van der Waals surface area (Å²) in [7, 11) is 0. The number of aromatic hydroxyl groups is 1. The first-order chi connectivity index (χ1) is 7.69. The maximum absolute atomic E-state index is 9.78. The number of hydrogen-bond donors (Lipinski definition) is 2. The number of fused-ring (bicyclic) bond motifs is 1. The highest BCUT2D eigenvalue weighted by molar-refractivity contribution is 5.87. The molecule has 0 spiro atoms. The molecular weight excluding hydrogens is 202 g/mol. The molecule has 0 aliphatic carbocycles. The summed E-state index contributed by atoms with van der Waals surface area (Å²) in [5.41, 5.74) is 2.10. The Kier molecular flexibility index (Phi) is 2.88. The van der Waals surface area contributed by atoms with Gasteiger partial charge in [0.05, 0.1) is 12.1 Å². The molecule has 0 saturated heterocycles. The van der Waals surface area contributed by atoms with E-state index in [4.69, 9.17) is 0 Å². The minimum absolute atomic E-state index is 0.0896. The Morgan fingerprint density at radius 2 is 2.12 bits per heavy atom. The van der Waals surface area contributed by atoms with Crippen molar-refractivity contribution in [1.29, 1.82) is 0 Å². The quantitative estimate of drug-likeness (QED) is 0.833. The van der Waals surface area contributed by atoms with E-state index in [0.29, 0.717) is 5.75 Å². The molecule has 2 aromatic rings. The van der Waals surface area contributed by atoms with E-state index in [0.717, 1.165) is 23.1 Å². The molecule has 0 amide bonds. The van der Waals surface area contributed by atoms with Crippen molar-refractivity contribution in [3.63, 3.8) is 0 Å². The number of aryl methyl sites for hydroxylation is 1. The lowest BCUT2D eigenvalue weighted by Gasteiger charge is -2.12. The van der Waals surface area contributed by atoms with Gasteiger partial charge >= 0.3 is 0 Å². The van der Waals surface area contributed by atoms with Gasteiger partial charge in [-0.3, -0.25) is 0 Å². The fraction of sp³-hybridized carbons (Fsp3) is 0.385. The summed E-state index contributed by atoms with van der Waals surface area (Å²) in [6.45, 7) is 5.01. The van der Waals surface area contributed by atoms with Crippen LogP contribution in [0.15, 0.2) is 24.3 Å². The molecule has 1 heterocycles. The van der Waals surface area contributed by atoms with E-state index in [-0.39, 0.29) is 12.5 Å². The van der Waals surface area contributed by atoms with Gasteiger partial charge in [-0.25, -0.2) is 0 Å². The molecule has 0 radical (unpaired) electrons. The van der Waals surface area contributed by atoms with Gasteiger partial charge in [-0.05, 0) is 25.1 Å². The lowest BCUT2D eigenvalue weighted by atomic mass is 10.1. The zero-order valence-electron chi connectivity index (χ0n) is 9.64. The highest BCUT2D eigenvalue weighted by atomic mass is 16.3. The van der Waals surface area contributed by atoms with Crippen LogP contribution in [0.1, 0.15) is 25.5 Å². The molecule has 86 valence electrons. The lowest BCUT2D eigenvalue weighted by molar-refractivity contribution is 0.269. The van der Waals surface area contributed by atoms with E-state index >= 15 is 0 Å². The molecule has 1 aromatic carbocycles. The molecule has 2 N–H and O–H groups in total. The number of phenolic OH excluding ortho intramolecular Hbond substituents is 1. The van der Waals surface area contributed by atoms with Crippen molar-refractivity contribution in [2.24, 2.45) is 0 Å². The predicted molar refractivity (Wildman–Crippen MR) is 64.8 cm³/mol. The Morgan fingerprint density at radius 3 is 2.75 bits per heavy atom. The topological polar surface area (TPSA) is 45.4 Å². The first-order valence-corrected chi connectivity index (χ1v) is 5.61. The van der Waals surface area contributed by atoms with E-state index in [1.54, 1.807) is 6.07 Å². The summed E-state index contributed by atoms with van der Waals surface area (Å²) in [5, 5.41) is 19.9. The summed E-state index contributed by atoms with van der Waals surface area (Å²) in [6, 6.07) is 7.49. The molecule has 2 rings (SSSR count). The number of rotatable bonds is 3. The number of benzene rings is 1. The van der Waals surface area contributed by atoms with Crippen molar-refractivity contribution < 1.29 is 10.2 Å². The SMILES string of the molecule is CCn1c(C(C)CO)cc2c(O)cccc21. The van der Waals surface area contributed by atoms with Gasteiger partial charge in [-0.1, -0.05) is 13.0 Å². The van der Waals surface area contributed by atoms with Gasteiger partial charge in [0, 0.05) is 23.5 Å². The third kappa shape index (κ3) is 1.57. The van der Waals surface area contributed by atoms with Gasteiger partial charge in [0.1, 0.15) is 5.75 Å². The summed E-state index contributed by atoms with van der Waals surface area (Å²) >= 11 is 0. The van der Waals surface area contributed by atoms with Crippen LogP contribution in [0.2, 0.25) is 0 Å². The second-order valence-electron chi connectivity index (χ2n) is 4.11. The van der Waals surface area contributed by atoms with E-state index in [1.807, 2.05) is 25.1 Å². The van der Waals surface area contributed by atoms with E-state index in [2.05, 4.69) is 11.5 Å². The van der Waals surface area contributed by atoms with Crippen LogP contribution in [0.3, 0.4) is 0 Å². The molecule has 1 aromatic heterocycles. The van der Waals surface area contributed by atoms with Crippen molar-refractivity contribution in [2.45, 2.75) is 26.3 Å². The van der Waals surface area contributed by atoms with Crippen LogP contribution in [-0.2, 0) is 6.54 Å². The lowest BCUT2D eigenvalue weighted by Crippen LogP contribution is -2.07. The highest BCUT2D eigenvalue weighted by Gasteiger charge is 2.14. The Labute approximate surface area is 94.9 Å². The second kappa shape index (κ2) is 4.18. The van der Waals surface area contributed by atoms with Gasteiger partial charge in [0.2, 0.25) is 0 Å². The number of aliphatic hydroxyl groups excluding tert-OH is 1. The Hall–Kier alpha value is -1.48. The van der Waals surface area contributed by atoms with Crippen LogP contribution in [-0.4, -0.2) is 21.4 Å². The Bertz CT molecular complexity index is 502. The van der Waals surface area contributed by atoms with Crippen LogP contribution in [0.25, 0.3) is 10.9 Å². The minimum atomic E-state index is 0.0896. The monoisotopic (exact) mass is 219 g/mol. The number of aliphatic hydroxyl groups is 1. The normalized spacial score (nSPS) is 13.2. The maximum atomic E-state index is 9.78. The van der Waals surface area contributed by atoms with Crippen LogP contribution >= 0.6 is 0 Å². The molecule has 0 aliphatic heterocycles. The molecule has 1 atom stereocenters. The first-order valence-electron chi connectivity index (χ1n) is 5.61. The van der Waals surface area contributed by atoms with Gasteiger partial charge in [0.15, 0.2) is 0 Å². The molecule has 0 aliphatic rings. The number of aromatic nitrogens is 1. The van der Waals surface area contributed by atoms with Crippen molar-refractivity contribution in [1.82, 2.24) is 4.57 Å². The average Bonchev–Trinajstić information content (AvgIpc) is 2.68. The molecule has 1 unspecified atom stereocenters. The number of hydrogen-bond acceptors (Lipinski definition) is 2. The summed E-state index contributed by atoms with van der Waals surface area (Å²) in [5.74, 6) is 0.392. The summed E-state index contributed by atoms with van der Waals surface area (Å²) in [6.07, 6.45) is 0. The van der Waals surface area contributed by atoms with E-state index < -0.39 is 0 Å². The largest absolute Gasteiger partial charge is 0.507 e. The van der Waals surface area contributed by atoms with Gasteiger partial charge in [-0.2, -0.15) is 0 Å². The van der Waals surface area contributed by atoms with Crippen molar-refractivity contribution in [3.05, 3.63) is 30.0 Å². The summed E-state index contributed by atoms with van der Waals surface area (Å²) < 4.78 is 2.13. The molecule has 0 bridgehead atoms. The molecular formula is C13H17NO2. The van der Waals surface area contributed by atoms with Gasteiger partial charge in [-0.15, -0.1) is 0 Å². The van der Waals surface area contributed by atoms with Crippen LogP contribution < -0.4 is 0 Å². The predicted octanol–water partition coefficient (Wildman–Crippen LogP) is 2.46. The standard InChI is InChI=1S/C13H17NO2/c1-3-14-11-5-4-6-13(16)10(11)7-12(14)9(2)8-15/h4-7,9,15-16H,3,8H2,1-2H3. The van der Waals surface area contributed by atoms with Crippen LogP contribution in [0.5, 0.6) is 5.75 Å². The molecule has 16 heavy (non-hydrogen) atoms. The smallest absolute Gasteiger partial charge is 0.124 e. The molecule has 0 saturated carbocycles. The average molecular weight is 219 g/mol. The van der Waals surface area contributed by atoms with Gasteiger partial charge in [0.25, 0.3) is 0 Å². The Balaban J connectivity index is 2.71. The van der Waals surface area contributed by atoms with Crippen LogP contribution in [0.4, 0.5) is 0 Å². The third-order valence-electron chi connectivity index (χ3n) is 3.05. The molecule has 3 heteroatoms. The van der Waals surface area contributed by atoms with Crippen molar-refractivity contribution >= 4 is 10.9 Å². The maximum Gasteiger partial charge on any atom is 0.124 e. The third-order valence-corrected chi connectivity index (χ3v) is 3.05. The summed E-state index contributed by atoms with van der Waals surface area (Å²) in [4.78, 5) is 0. The van der Waals surface area contributed by atoms with E-state index in [9.17, 15) is 10.2 Å². The molecule has 3 nitrogen and oxygen atoms in total. The van der Waals surface area contributed by atoms with Crippen molar-refractivity contribution in [2.75, 3.05) is 6.61 Å². The Morgan fingerprint density at radius 1 is 1.38 bits per heavy atom. The fourth-order valence-electron chi connectivity index (χ4n) is 2.14.